The van der Waals surface area contributed by atoms with E-state index in [0.29, 0.717) is 22.9 Å². The molecule has 2 rings (SSSR count). The summed E-state index contributed by atoms with van der Waals surface area (Å²) >= 11 is 5.85. The molecule has 2 aromatic carbocycles. The predicted molar refractivity (Wildman–Crippen MR) is 97.6 cm³/mol. The van der Waals surface area contributed by atoms with Gasteiger partial charge in [-0.3, -0.25) is 9.59 Å². The molecule has 0 fully saturated rings. The Balaban J connectivity index is 2.06. The monoisotopic (exact) mass is 377 g/mol. The number of carbonyl (C=O) groups is 2. The summed E-state index contributed by atoms with van der Waals surface area (Å²) in [4.78, 5) is 24.8. The first-order chi connectivity index (χ1) is 12.5. The first-order valence-electron chi connectivity index (χ1n) is 7.97. The summed E-state index contributed by atoms with van der Waals surface area (Å²) in [5, 5.41) is 9.64. The van der Waals surface area contributed by atoms with E-state index in [1.165, 1.54) is 12.0 Å². The maximum atomic E-state index is 12.6. The highest BCUT2D eigenvalue weighted by atomic mass is 35.5. The average Bonchev–Trinajstić information content (AvgIpc) is 2.64. The van der Waals surface area contributed by atoms with E-state index in [2.05, 4.69) is 0 Å². The summed E-state index contributed by atoms with van der Waals surface area (Å²) in [6.45, 7) is 0.388. The first kappa shape index (κ1) is 19.8. The zero-order valence-corrected chi connectivity index (χ0v) is 15.1. The summed E-state index contributed by atoms with van der Waals surface area (Å²) in [5.74, 6) is -0.946. The van der Waals surface area contributed by atoms with Crippen LogP contribution >= 0.6 is 11.6 Å². The summed E-state index contributed by atoms with van der Waals surface area (Å²) in [7, 11) is 1.49. The van der Waals surface area contributed by atoms with Crippen LogP contribution in [0.4, 0.5) is 0 Å². The Morgan fingerprint density at radius 2 is 1.88 bits per heavy atom. The smallest absolute Gasteiger partial charge is 0.323 e. The Morgan fingerprint density at radius 3 is 2.54 bits per heavy atom. The van der Waals surface area contributed by atoms with Gasteiger partial charge in [-0.25, -0.2) is 0 Å². The first-order valence-corrected chi connectivity index (χ1v) is 8.34. The van der Waals surface area contributed by atoms with Gasteiger partial charge in [-0.2, -0.15) is 0 Å². The van der Waals surface area contributed by atoms with E-state index in [1.807, 2.05) is 12.1 Å². The third-order valence-electron chi connectivity index (χ3n) is 3.58. The van der Waals surface area contributed by atoms with Crippen molar-refractivity contribution in [3.05, 3.63) is 64.7 Å². The van der Waals surface area contributed by atoms with Crippen molar-refractivity contribution in [2.45, 2.75) is 6.61 Å². The third-order valence-corrected chi connectivity index (χ3v) is 3.83. The zero-order valence-electron chi connectivity index (χ0n) is 14.4. The van der Waals surface area contributed by atoms with Crippen LogP contribution in [0.25, 0.3) is 0 Å². The van der Waals surface area contributed by atoms with Gasteiger partial charge in [0.25, 0.3) is 5.91 Å². The van der Waals surface area contributed by atoms with Gasteiger partial charge in [-0.15, -0.1) is 0 Å². The molecule has 0 saturated heterocycles. The molecule has 138 valence electrons. The summed E-state index contributed by atoms with van der Waals surface area (Å²) in [6.07, 6.45) is 0. The van der Waals surface area contributed by atoms with E-state index in [9.17, 15) is 9.59 Å². The minimum absolute atomic E-state index is 0.192. The summed E-state index contributed by atoms with van der Waals surface area (Å²) < 4.78 is 10.6. The number of ether oxygens (including phenoxy) is 2. The van der Waals surface area contributed by atoms with Gasteiger partial charge in [0.1, 0.15) is 18.9 Å². The molecule has 0 spiro atoms. The van der Waals surface area contributed by atoms with Crippen molar-refractivity contribution in [1.29, 1.82) is 0 Å². The number of carboxylic acids is 1. The molecule has 2 aromatic rings. The standard InChI is InChI=1S/C19H20ClNO5/c1-25-10-9-21(12-18(22)23)19(24)15-3-2-4-17(11-15)26-13-14-5-7-16(20)8-6-14/h2-8,11H,9-10,12-13H2,1H3,(H,22,23). The van der Waals surface area contributed by atoms with Crippen molar-refractivity contribution in [1.82, 2.24) is 4.90 Å². The lowest BCUT2D eigenvalue weighted by Gasteiger charge is -2.20. The Morgan fingerprint density at radius 1 is 1.15 bits per heavy atom. The number of hydrogen-bond donors (Lipinski definition) is 1. The highest BCUT2D eigenvalue weighted by Crippen LogP contribution is 2.17. The Bertz CT molecular complexity index is 748. The molecule has 7 heteroatoms. The number of rotatable bonds is 9. The van der Waals surface area contributed by atoms with Crippen LogP contribution in [-0.2, 0) is 16.1 Å². The molecule has 0 heterocycles. The third kappa shape index (κ3) is 6.06. The summed E-state index contributed by atoms with van der Waals surface area (Å²) in [5.41, 5.74) is 1.30. The Labute approximate surface area is 156 Å². The topological polar surface area (TPSA) is 76.1 Å². The van der Waals surface area contributed by atoms with E-state index < -0.39 is 12.5 Å². The average molecular weight is 378 g/mol. The maximum Gasteiger partial charge on any atom is 0.323 e. The lowest BCUT2D eigenvalue weighted by atomic mass is 10.2. The van der Waals surface area contributed by atoms with Gasteiger partial charge in [0.15, 0.2) is 0 Å². The number of methoxy groups -OCH3 is 1. The van der Waals surface area contributed by atoms with Crippen LogP contribution in [0.15, 0.2) is 48.5 Å². The number of carbonyl (C=O) groups excluding carboxylic acids is 1. The molecule has 0 aromatic heterocycles. The second-order valence-electron chi connectivity index (χ2n) is 5.56. The highest BCUT2D eigenvalue weighted by molar-refractivity contribution is 6.30. The number of amides is 1. The maximum absolute atomic E-state index is 12.6. The SMILES string of the molecule is COCCN(CC(=O)O)C(=O)c1cccc(OCc2ccc(Cl)cc2)c1. The molecule has 0 unspecified atom stereocenters. The zero-order chi connectivity index (χ0) is 18.9. The van der Waals surface area contributed by atoms with Crippen molar-refractivity contribution >= 4 is 23.5 Å². The molecule has 0 aliphatic rings. The van der Waals surface area contributed by atoms with Crippen LogP contribution in [0.1, 0.15) is 15.9 Å². The minimum atomic E-state index is -1.08. The molecule has 6 nitrogen and oxygen atoms in total. The predicted octanol–water partition coefficient (Wildman–Crippen LogP) is 3.09. The van der Waals surface area contributed by atoms with Crippen LogP contribution < -0.4 is 4.74 Å². The number of aliphatic carboxylic acids is 1. The van der Waals surface area contributed by atoms with Crippen molar-refractivity contribution in [3.8, 4) is 5.75 Å². The Kier molecular flexibility index (Phi) is 7.44. The van der Waals surface area contributed by atoms with Crippen molar-refractivity contribution in [3.63, 3.8) is 0 Å². The molecule has 26 heavy (non-hydrogen) atoms. The van der Waals surface area contributed by atoms with E-state index >= 15 is 0 Å². The minimum Gasteiger partial charge on any atom is -0.489 e. The number of nitrogens with zero attached hydrogens (tertiary/aromatic N) is 1. The molecule has 0 saturated carbocycles. The molecule has 0 radical (unpaired) electrons. The fraction of sp³-hybridized carbons (Fsp3) is 0.263. The molecular formula is C19H20ClNO5. The van der Waals surface area contributed by atoms with Crippen LogP contribution in [0, 0.1) is 0 Å². The highest BCUT2D eigenvalue weighted by Gasteiger charge is 2.18. The fourth-order valence-corrected chi connectivity index (χ4v) is 2.39. The second-order valence-corrected chi connectivity index (χ2v) is 5.99. The van der Waals surface area contributed by atoms with Gasteiger partial charge < -0.3 is 19.5 Å². The largest absolute Gasteiger partial charge is 0.489 e. The van der Waals surface area contributed by atoms with Gasteiger partial charge in [0.05, 0.1) is 6.61 Å². The van der Waals surface area contributed by atoms with Crippen LogP contribution in [0.5, 0.6) is 5.75 Å². The summed E-state index contributed by atoms with van der Waals surface area (Å²) in [6, 6.07) is 13.9. The fourth-order valence-electron chi connectivity index (χ4n) is 2.27. The van der Waals surface area contributed by atoms with Crippen LogP contribution in [-0.4, -0.2) is 48.7 Å². The lowest BCUT2D eigenvalue weighted by Crippen LogP contribution is -2.38. The molecule has 0 bridgehead atoms. The van der Waals surface area contributed by atoms with Crippen LogP contribution in [0.2, 0.25) is 5.02 Å². The number of hydrogen-bond acceptors (Lipinski definition) is 4. The van der Waals surface area contributed by atoms with Gasteiger partial charge in [0, 0.05) is 24.2 Å². The molecule has 1 N–H and O–H groups in total. The van der Waals surface area contributed by atoms with Crippen molar-refractivity contribution in [2.24, 2.45) is 0 Å². The van der Waals surface area contributed by atoms with E-state index in [1.54, 1.807) is 36.4 Å². The molecule has 0 aliphatic carbocycles. The van der Waals surface area contributed by atoms with Gasteiger partial charge in [0.2, 0.25) is 0 Å². The van der Waals surface area contributed by atoms with Gasteiger partial charge in [-0.1, -0.05) is 29.8 Å². The molecule has 0 atom stereocenters. The van der Waals surface area contributed by atoms with E-state index in [0.717, 1.165) is 5.56 Å². The molecule has 1 amide bonds. The molecule has 0 aliphatic heterocycles. The number of benzene rings is 2. The van der Waals surface area contributed by atoms with Crippen LogP contribution in [0.3, 0.4) is 0 Å². The molecular weight excluding hydrogens is 358 g/mol. The Hall–Kier alpha value is -2.57. The van der Waals surface area contributed by atoms with Gasteiger partial charge >= 0.3 is 5.97 Å². The quantitative estimate of drug-likeness (QED) is 0.726. The van der Waals surface area contributed by atoms with E-state index in [4.69, 9.17) is 26.2 Å². The van der Waals surface area contributed by atoms with Crippen molar-refractivity contribution < 1.29 is 24.2 Å². The van der Waals surface area contributed by atoms with Gasteiger partial charge in [-0.05, 0) is 35.9 Å². The number of carboxylic acid groups (broad SMARTS) is 1. The normalized spacial score (nSPS) is 10.4. The number of halogens is 1. The van der Waals surface area contributed by atoms with E-state index in [-0.39, 0.29) is 19.1 Å². The lowest BCUT2D eigenvalue weighted by molar-refractivity contribution is -0.137. The second kappa shape index (κ2) is 9.79. The van der Waals surface area contributed by atoms with Crippen molar-refractivity contribution in [2.75, 3.05) is 26.8 Å².